The van der Waals surface area contributed by atoms with E-state index in [1.165, 1.54) is 4.90 Å². The monoisotopic (exact) mass is 184 g/mol. The Morgan fingerprint density at radius 1 is 1.31 bits per heavy atom. The molecular weight excluding hydrogens is 172 g/mol. The van der Waals surface area contributed by atoms with Gasteiger partial charge in [0.25, 0.3) is 11.8 Å². The minimum absolute atomic E-state index is 0.0317. The summed E-state index contributed by atoms with van der Waals surface area (Å²) in [5.41, 5.74) is 0. The van der Waals surface area contributed by atoms with Crippen molar-refractivity contribution in [3.05, 3.63) is 0 Å². The van der Waals surface area contributed by atoms with Gasteiger partial charge in [-0.3, -0.25) is 19.8 Å². The molecule has 1 N–H and O–H groups in total. The van der Waals surface area contributed by atoms with E-state index in [0.717, 1.165) is 19.4 Å². The Labute approximate surface area is 76.0 Å². The highest BCUT2D eigenvalue weighted by Gasteiger charge is 2.34. The van der Waals surface area contributed by atoms with Gasteiger partial charge >= 0.3 is 0 Å². The Hall–Kier alpha value is -0.940. The lowest BCUT2D eigenvalue weighted by Crippen LogP contribution is -2.54. The molecule has 2 aliphatic heterocycles. The van der Waals surface area contributed by atoms with E-state index in [2.05, 4.69) is 5.32 Å². The predicted octanol–water partition coefficient (Wildman–Crippen LogP) is -0.919. The molecule has 0 saturated carbocycles. The standard InChI is InChI=1S/C8H12N2O3/c11-7-4-13-5-8(12)10(7)6-2-1-3-9-6/h6,9H,1-5H2. The number of ether oxygens (including phenoxy) is 1. The second-order valence-electron chi connectivity index (χ2n) is 3.26. The Bertz CT molecular complexity index is 220. The highest BCUT2D eigenvalue weighted by atomic mass is 16.5. The van der Waals surface area contributed by atoms with Crippen LogP contribution in [0.1, 0.15) is 12.8 Å². The fourth-order valence-electron chi connectivity index (χ4n) is 1.74. The summed E-state index contributed by atoms with van der Waals surface area (Å²) in [5.74, 6) is -0.452. The summed E-state index contributed by atoms with van der Waals surface area (Å²) in [6, 6.07) is 0. The molecule has 0 bridgehead atoms. The largest absolute Gasteiger partial charge is 0.362 e. The van der Waals surface area contributed by atoms with E-state index >= 15 is 0 Å². The number of nitrogens with one attached hydrogen (secondary N) is 1. The molecule has 2 saturated heterocycles. The van der Waals surface area contributed by atoms with Crippen LogP contribution in [0.5, 0.6) is 0 Å². The molecule has 13 heavy (non-hydrogen) atoms. The van der Waals surface area contributed by atoms with E-state index in [4.69, 9.17) is 4.74 Å². The highest BCUT2D eigenvalue weighted by molar-refractivity contribution is 5.98. The SMILES string of the molecule is O=C1COCC(=O)N1C1CCCN1. The number of rotatable bonds is 1. The third-order valence-corrected chi connectivity index (χ3v) is 2.33. The molecule has 0 aromatic rings. The number of morpholine rings is 1. The first-order valence-corrected chi connectivity index (χ1v) is 4.45. The number of carbonyl (C=O) groups excluding carboxylic acids is 2. The zero-order valence-electron chi connectivity index (χ0n) is 7.28. The molecular formula is C8H12N2O3. The normalized spacial score (nSPS) is 29.8. The molecule has 0 spiro atoms. The molecule has 2 fully saturated rings. The quantitative estimate of drug-likeness (QED) is 0.535. The lowest BCUT2D eigenvalue weighted by molar-refractivity contribution is -0.161. The fraction of sp³-hybridized carbons (Fsp3) is 0.750. The minimum Gasteiger partial charge on any atom is -0.362 e. The van der Waals surface area contributed by atoms with Crippen LogP contribution in [0.2, 0.25) is 0 Å². The number of carbonyl (C=O) groups is 2. The Morgan fingerprint density at radius 2 is 2.00 bits per heavy atom. The van der Waals surface area contributed by atoms with E-state index in [9.17, 15) is 9.59 Å². The van der Waals surface area contributed by atoms with Crippen LogP contribution in [0.15, 0.2) is 0 Å². The summed E-state index contributed by atoms with van der Waals surface area (Å²) in [4.78, 5) is 24.0. The third-order valence-electron chi connectivity index (χ3n) is 2.33. The zero-order valence-corrected chi connectivity index (χ0v) is 7.28. The number of amides is 2. The molecule has 2 amide bonds. The first-order chi connectivity index (χ1) is 6.29. The first kappa shape index (κ1) is 8.65. The first-order valence-electron chi connectivity index (χ1n) is 4.45. The van der Waals surface area contributed by atoms with Crippen molar-refractivity contribution >= 4 is 11.8 Å². The van der Waals surface area contributed by atoms with Crippen LogP contribution >= 0.6 is 0 Å². The van der Waals surface area contributed by atoms with Gasteiger partial charge in [0, 0.05) is 0 Å². The van der Waals surface area contributed by atoms with Gasteiger partial charge in [-0.25, -0.2) is 0 Å². The Balaban J connectivity index is 2.08. The van der Waals surface area contributed by atoms with Gasteiger partial charge in [-0.1, -0.05) is 0 Å². The van der Waals surface area contributed by atoms with Gasteiger partial charge in [-0.05, 0) is 19.4 Å². The number of imide groups is 1. The van der Waals surface area contributed by atoms with Crippen molar-refractivity contribution in [2.45, 2.75) is 19.0 Å². The van der Waals surface area contributed by atoms with Crippen LogP contribution in [-0.2, 0) is 14.3 Å². The second-order valence-corrected chi connectivity index (χ2v) is 3.26. The van der Waals surface area contributed by atoms with E-state index in [0.29, 0.717) is 0 Å². The topological polar surface area (TPSA) is 58.6 Å². The lowest BCUT2D eigenvalue weighted by atomic mass is 10.3. The molecule has 72 valence electrons. The summed E-state index contributed by atoms with van der Waals surface area (Å²) < 4.78 is 4.82. The maximum Gasteiger partial charge on any atom is 0.256 e. The number of hydrogen-bond acceptors (Lipinski definition) is 4. The van der Waals surface area contributed by atoms with Crippen LogP contribution in [0.25, 0.3) is 0 Å². The van der Waals surface area contributed by atoms with Gasteiger partial charge in [-0.15, -0.1) is 0 Å². The van der Waals surface area contributed by atoms with E-state index in [-0.39, 0.29) is 31.2 Å². The van der Waals surface area contributed by atoms with E-state index < -0.39 is 0 Å². The molecule has 0 aromatic carbocycles. The van der Waals surface area contributed by atoms with E-state index in [1.807, 2.05) is 0 Å². The molecule has 1 unspecified atom stereocenters. The summed E-state index contributed by atoms with van der Waals surface area (Å²) in [6.07, 6.45) is 1.78. The average molecular weight is 184 g/mol. The van der Waals surface area contributed by atoms with Crippen LogP contribution in [-0.4, -0.2) is 42.6 Å². The van der Waals surface area contributed by atoms with Crippen molar-refractivity contribution in [3.63, 3.8) is 0 Å². The molecule has 2 heterocycles. The molecule has 2 rings (SSSR count). The molecule has 0 aromatic heterocycles. The van der Waals surface area contributed by atoms with Crippen molar-refractivity contribution in [2.24, 2.45) is 0 Å². The molecule has 5 nitrogen and oxygen atoms in total. The molecule has 0 aliphatic carbocycles. The maximum absolute atomic E-state index is 11.3. The van der Waals surface area contributed by atoms with Crippen molar-refractivity contribution in [1.29, 1.82) is 0 Å². The van der Waals surface area contributed by atoms with Crippen molar-refractivity contribution in [3.8, 4) is 0 Å². The molecule has 0 radical (unpaired) electrons. The summed E-state index contributed by atoms with van der Waals surface area (Å²) in [5, 5.41) is 3.12. The summed E-state index contributed by atoms with van der Waals surface area (Å²) >= 11 is 0. The van der Waals surface area contributed by atoms with Gasteiger partial charge in [0.15, 0.2) is 0 Å². The van der Waals surface area contributed by atoms with Crippen molar-refractivity contribution in [1.82, 2.24) is 10.2 Å². The predicted molar refractivity (Wildman–Crippen MR) is 43.7 cm³/mol. The smallest absolute Gasteiger partial charge is 0.256 e. The molecule has 5 heteroatoms. The number of nitrogens with zero attached hydrogens (tertiary/aromatic N) is 1. The van der Waals surface area contributed by atoms with Gasteiger partial charge in [0.2, 0.25) is 0 Å². The molecule has 2 aliphatic rings. The maximum atomic E-state index is 11.3. The van der Waals surface area contributed by atoms with Crippen LogP contribution in [0.4, 0.5) is 0 Å². The number of hydrogen-bond donors (Lipinski definition) is 1. The summed E-state index contributed by atoms with van der Waals surface area (Å²) in [7, 11) is 0. The van der Waals surface area contributed by atoms with Crippen molar-refractivity contribution < 1.29 is 14.3 Å². The lowest BCUT2D eigenvalue weighted by Gasteiger charge is -2.30. The summed E-state index contributed by atoms with van der Waals surface area (Å²) in [6.45, 7) is 0.941. The minimum atomic E-state index is -0.226. The van der Waals surface area contributed by atoms with Gasteiger partial charge < -0.3 is 4.74 Å². The fourth-order valence-corrected chi connectivity index (χ4v) is 1.74. The third kappa shape index (κ3) is 1.57. The molecule has 1 atom stereocenters. The highest BCUT2D eigenvalue weighted by Crippen LogP contribution is 2.13. The Kier molecular flexibility index (Phi) is 2.28. The zero-order chi connectivity index (χ0) is 9.26. The van der Waals surface area contributed by atoms with Gasteiger partial charge in [-0.2, -0.15) is 0 Å². The van der Waals surface area contributed by atoms with E-state index in [1.54, 1.807) is 0 Å². The van der Waals surface area contributed by atoms with Crippen LogP contribution in [0.3, 0.4) is 0 Å². The second kappa shape index (κ2) is 3.43. The van der Waals surface area contributed by atoms with Crippen molar-refractivity contribution in [2.75, 3.05) is 19.8 Å². The van der Waals surface area contributed by atoms with Gasteiger partial charge in [0.05, 0.1) is 6.17 Å². The Morgan fingerprint density at radius 3 is 2.54 bits per heavy atom. The van der Waals surface area contributed by atoms with Gasteiger partial charge in [0.1, 0.15) is 13.2 Å². The van der Waals surface area contributed by atoms with Crippen LogP contribution < -0.4 is 5.32 Å². The van der Waals surface area contributed by atoms with Crippen LogP contribution in [0, 0.1) is 0 Å². The average Bonchev–Trinajstić information content (AvgIpc) is 2.57.